The Morgan fingerprint density at radius 1 is 1.17 bits per heavy atom. The molecule has 2 amide bonds. The van der Waals surface area contributed by atoms with E-state index in [4.69, 9.17) is 4.74 Å². The Hall–Kier alpha value is -2.89. The van der Waals surface area contributed by atoms with Crippen LogP contribution in [0.3, 0.4) is 0 Å². The molecule has 0 aromatic heterocycles. The van der Waals surface area contributed by atoms with Gasteiger partial charge in [0.05, 0.1) is 18.9 Å². The number of nitrogens with zero attached hydrogens (tertiary/aromatic N) is 1. The lowest BCUT2D eigenvalue weighted by Crippen LogP contribution is -2.52. The first-order chi connectivity index (χ1) is 13.9. The minimum Gasteiger partial charge on any atom is -0.497 e. The summed E-state index contributed by atoms with van der Waals surface area (Å²) in [6.07, 6.45) is 1.79. The number of hydrogen-bond acceptors (Lipinski definition) is 3. The van der Waals surface area contributed by atoms with E-state index < -0.39 is 5.41 Å². The first kappa shape index (κ1) is 20.8. The van der Waals surface area contributed by atoms with E-state index in [1.807, 2.05) is 31.2 Å². The van der Waals surface area contributed by atoms with Crippen LogP contribution in [0.4, 0.5) is 4.39 Å². The molecule has 154 valence electrons. The number of halogens is 1. The molecule has 2 aromatic rings. The normalized spacial score (nSPS) is 18.9. The van der Waals surface area contributed by atoms with Crippen LogP contribution in [0.25, 0.3) is 0 Å². The first-order valence-corrected chi connectivity index (χ1v) is 9.83. The summed E-state index contributed by atoms with van der Waals surface area (Å²) in [7, 11) is 1.60. The van der Waals surface area contributed by atoms with Crippen molar-refractivity contribution in [2.75, 3.05) is 20.2 Å². The van der Waals surface area contributed by atoms with Crippen molar-refractivity contribution in [2.24, 2.45) is 5.41 Å². The molecule has 1 saturated heterocycles. The van der Waals surface area contributed by atoms with E-state index in [0.29, 0.717) is 19.6 Å². The second-order valence-electron chi connectivity index (χ2n) is 7.82. The number of hydrogen-bond donors (Lipinski definition) is 1. The number of amides is 2. The van der Waals surface area contributed by atoms with E-state index in [1.54, 1.807) is 24.1 Å². The zero-order valence-corrected chi connectivity index (χ0v) is 16.9. The Balaban J connectivity index is 1.59. The smallest absolute Gasteiger partial charge is 0.227 e. The highest BCUT2D eigenvalue weighted by Gasteiger charge is 2.39. The van der Waals surface area contributed by atoms with Crippen molar-refractivity contribution in [1.82, 2.24) is 10.2 Å². The maximum atomic E-state index is 13.0. The fraction of sp³-hybridized carbons (Fsp3) is 0.391. The van der Waals surface area contributed by atoms with Gasteiger partial charge >= 0.3 is 0 Å². The fourth-order valence-corrected chi connectivity index (χ4v) is 3.70. The highest BCUT2D eigenvalue weighted by Crippen LogP contribution is 2.30. The molecule has 1 aliphatic heterocycles. The average Bonchev–Trinajstić information content (AvgIpc) is 2.73. The van der Waals surface area contributed by atoms with Gasteiger partial charge in [-0.25, -0.2) is 4.39 Å². The van der Waals surface area contributed by atoms with Gasteiger partial charge in [0.25, 0.3) is 0 Å². The van der Waals surface area contributed by atoms with Crippen LogP contribution in [0.1, 0.15) is 30.9 Å². The van der Waals surface area contributed by atoms with Gasteiger partial charge in [-0.05, 0) is 55.2 Å². The molecule has 6 heteroatoms. The quantitative estimate of drug-likeness (QED) is 0.812. The Bertz CT molecular complexity index is 869. The first-order valence-electron chi connectivity index (χ1n) is 9.83. The summed E-state index contributed by atoms with van der Waals surface area (Å²) in [5, 5.41) is 2.94. The number of ether oxygens (including phenoxy) is 1. The van der Waals surface area contributed by atoms with Crippen molar-refractivity contribution in [2.45, 2.75) is 32.7 Å². The number of nitrogens with one attached hydrogen (secondary N) is 1. The molecule has 0 spiro atoms. The third-order valence-corrected chi connectivity index (χ3v) is 5.45. The van der Waals surface area contributed by atoms with Crippen LogP contribution in [0, 0.1) is 11.2 Å². The second-order valence-corrected chi connectivity index (χ2v) is 7.82. The van der Waals surface area contributed by atoms with Gasteiger partial charge in [0.15, 0.2) is 0 Å². The summed E-state index contributed by atoms with van der Waals surface area (Å²) in [6.45, 7) is 3.29. The van der Waals surface area contributed by atoms with Crippen LogP contribution >= 0.6 is 0 Å². The molecular weight excluding hydrogens is 371 g/mol. The van der Waals surface area contributed by atoms with Crippen LogP contribution in [0.2, 0.25) is 0 Å². The van der Waals surface area contributed by atoms with Crippen molar-refractivity contribution in [1.29, 1.82) is 0 Å². The number of benzene rings is 2. The molecule has 3 rings (SSSR count). The molecule has 2 aromatic carbocycles. The second kappa shape index (κ2) is 9.07. The summed E-state index contributed by atoms with van der Waals surface area (Å²) in [5.41, 5.74) is 1.09. The number of likely N-dealkylation sites (tertiary alicyclic amines) is 1. The standard InChI is InChI=1S/C23H27FN2O3/c1-23(22(28)25-15-17-7-9-19(24)10-8-17)11-4-12-26(16-23)21(27)14-18-5-3-6-20(13-18)29-2/h3,5-10,13H,4,11-12,14-16H2,1-2H3,(H,25,28)/t23-/m0/s1. The molecule has 1 fully saturated rings. The Kier molecular flexibility index (Phi) is 6.52. The van der Waals surface area contributed by atoms with E-state index in [0.717, 1.165) is 29.7 Å². The highest BCUT2D eigenvalue weighted by molar-refractivity contribution is 5.84. The van der Waals surface area contributed by atoms with Gasteiger partial charge in [0, 0.05) is 19.6 Å². The maximum Gasteiger partial charge on any atom is 0.227 e. The number of piperidine rings is 1. The fourth-order valence-electron chi connectivity index (χ4n) is 3.70. The molecule has 0 saturated carbocycles. The molecule has 0 aliphatic carbocycles. The largest absolute Gasteiger partial charge is 0.497 e. The molecule has 1 aliphatic rings. The van der Waals surface area contributed by atoms with Gasteiger partial charge < -0.3 is 15.0 Å². The summed E-state index contributed by atoms with van der Waals surface area (Å²) < 4.78 is 18.2. The summed E-state index contributed by atoms with van der Waals surface area (Å²) in [6, 6.07) is 13.5. The summed E-state index contributed by atoms with van der Waals surface area (Å²) >= 11 is 0. The van der Waals surface area contributed by atoms with Crippen LogP contribution in [0.15, 0.2) is 48.5 Å². The number of rotatable bonds is 6. The lowest BCUT2D eigenvalue weighted by atomic mass is 9.80. The Morgan fingerprint density at radius 3 is 2.66 bits per heavy atom. The Morgan fingerprint density at radius 2 is 1.93 bits per heavy atom. The summed E-state index contributed by atoms with van der Waals surface area (Å²) in [5.74, 6) is 0.347. The van der Waals surface area contributed by atoms with E-state index in [-0.39, 0.29) is 24.1 Å². The van der Waals surface area contributed by atoms with Crippen LogP contribution in [-0.4, -0.2) is 36.9 Å². The molecule has 1 N–H and O–H groups in total. The molecule has 5 nitrogen and oxygen atoms in total. The van der Waals surface area contributed by atoms with Gasteiger partial charge in [0.1, 0.15) is 11.6 Å². The number of carbonyl (C=O) groups excluding carboxylic acids is 2. The van der Waals surface area contributed by atoms with Gasteiger partial charge in [-0.2, -0.15) is 0 Å². The van der Waals surface area contributed by atoms with E-state index in [2.05, 4.69) is 5.32 Å². The number of carbonyl (C=O) groups is 2. The van der Waals surface area contributed by atoms with Gasteiger partial charge in [-0.15, -0.1) is 0 Å². The molecule has 29 heavy (non-hydrogen) atoms. The zero-order chi connectivity index (χ0) is 20.9. The van der Waals surface area contributed by atoms with Gasteiger partial charge in [-0.1, -0.05) is 24.3 Å². The lowest BCUT2D eigenvalue weighted by molar-refractivity contribution is -0.140. The van der Waals surface area contributed by atoms with Crippen LogP contribution in [0.5, 0.6) is 5.75 Å². The highest BCUT2D eigenvalue weighted by atomic mass is 19.1. The molecule has 1 heterocycles. The van der Waals surface area contributed by atoms with Crippen molar-refractivity contribution < 1.29 is 18.7 Å². The van der Waals surface area contributed by atoms with E-state index in [9.17, 15) is 14.0 Å². The summed E-state index contributed by atoms with van der Waals surface area (Å²) in [4.78, 5) is 27.4. The minimum absolute atomic E-state index is 0.00973. The van der Waals surface area contributed by atoms with E-state index in [1.165, 1.54) is 12.1 Å². The van der Waals surface area contributed by atoms with Crippen LogP contribution < -0.4 is 10.1 Å². The topological polar surface area (TPSA) is 58.6 Å². The third-order valence-electron chi connectivity index (χ3n) is 5.45. The molecule has 0 radical (unpaired) electrons. The van der Waals surface area contributed by atoms with Crippen molar-refractivity contribution in [3.63, 3.8) is 0 Å². The molecule has 1 atom stereocenters. The van der Waals surface area contributed by atoms with Crippen molar-refractivity contribution in [3.8, 4) is 5.75 Å². The van der Waals surface area contributed by atoms with Gasteiger partial charge in [-0.3, -0.25) is 9.59 Å². The lowest BCUT2D eigenvalue weighted by Gasteiger charge is -2.39. The zero-order valence-electron chi connectivity index (χ0n) is 16.9. The van der Waals surface area contributed by atoms with Crippen molar-refractivity contribution >= 4 is 11.8 Å². The average molecular weight is 398 g/mol. The predicted octanol–water partition coefficient (Wildman–Crippen LogP) is 3.32. The Labute approximate surface area is 170 Å². The van der Waals surface area contributed by atoms with E-state index >= 15 is 0 Å². The maximum absolute atomic E-state index is 13.0. The monoisotopic (exact) mass is 398 g/mol. The SMILES string of the molecule is COc1cccc(CC(=O)N2CCC[C@](C)(C(=O)NCc3ccc(F)cc3)C2)c1. The molecular formula is C23H27FN2O3. The van der Waals surface area contributed by atoms with Crippen LogP contribution in [-0.2, 0) is 22.6 Å². The number of methoxy groups -OCH3 is 1. The van der Waals surface area contributed by atoms with Crippen molar-refractivity contribution in [3.05, 3.63) is 65.5 Å². The third kappa shape index (κ3) is 5.34. The molecule has 0 unspecified atom stereocenters. The van der Waals surface area contributed by atoms with Gasteiger partial charge in [0.2, 0.25) is 11.8 Å². The predicted molar refractivity (Wildman–Crippen MR) is 109 cm³/mol. The minimum atomic E-state index is -0.637. The molecule has 0 bridgehead atoms.